The average Bonchev–Trinajstić information content (AvgIpc) is 2.89. The van der Waals surface area contributed by atoms with Gasteiger partial charge >= 0.3 is 0 Å². The molecule has 0 aliphatic carbocycles. The molecule has 214 valence electrons. The molecule has 0 heterocycles. The number of para-hydroxylation sites is 2. The summed E-state index contributed by atoms with van der Waals surface area (Å²) in [6, 6.07) is 22.9. The highest BCUT2D eigenvalue weighted by molar-refractivity contribution is 7.92. The lowest BCUT2D eigenvalue weighted by molar-refractivity contribution is -0.140. The molecule has 0 saturated carbocycles. The van der Waals surface area contributed by atoms with Crippen molar-refractivity contribution < 1.29 is 22.7 Å². The molecule has 40 heavy (non-hydrogen) atoms. The predicted octanol–water partition coefficient (Wildman–Crippen LogP) is 4.32. The lowest BCUT2D eigenvalue weighted by Crippen LogP contribution is -2.54. The van der Waals surface area contributed by atoms with Crippen LogP contribution < -0.4 is 14.4 Å². The predicted molar refractivity (Wildman–Crippen MR) is 159 cm³/mol. The van der Waals surface area contributed by atoms with Gasteiger partial charge in [-0.25, -0.2) is 8.42 Å². The van der Waals surface area contributed by atoms with E-state index in [0.717, 1.165) is 27.3 Å². The van der Waals surface area contributed by atoms with Crippen molar-refractivity contribution in [3.8, 4) is 5.75 Å². The minimum atomic E-state index is -3.89. The van der Waals surface area contributed by atoms with Gasteiger partial charge in [0.2, 0.25) is 21.8 Å². The summed E-state index contributed by atoms with van der Waals surface area (Å²) in [6.45, 7) is 7.46. The minimum absolute atomic E-state index is 0.133. The van der Waals surface area contributed by atoms with E-state index in [1.54, 1.807) is 31.2 Å². The van der Waals surface area contributed by atoms with Crippen LogP contribution in [0.2, 0.25) is 0 Å². The van der Waals surface area contributed by atoms with Crippen LogP contribution in [0.15, 0.2) is 78.9 Å². The van der Waals surface area contributed by atoms with Crippen molar-refractivity contribution >= 4 is 27.5 Å². The van der Waals surface area contributed by atoms with Crippen LogP contribution >= 0.6 is 0 Å². The zero-order chi connectivity index (χ0) is 29.3. The highest BCUT2D eigenvalue weighted by Gasteiger charge is 2.34. The molecule has 8 nitrogen and oxygen atoms in total. The van der Waals surface area contributed by atoms with E-state index < -0.39 is 28.5 Å². The second kappa shape index (κ2) is 14.0. The van der Waals surface area contributed by atoms with Gasteiger partial charge in [-0.3, -0.25) is 13.9 Å². The summed E-state index contributed by atoms with van der Waals surface area (Å²) in [7, 11) is -3.89. The van der Waals surface area contributed by atoms with Gasteiger partial charge in [0.25, 0.3) is 0 Å². The Morgan fingerprint density at radius 2 is 1.57 bits per heavy atom. The molecule has 0 aromatic heterocycles. The highest BCUT2D eigenvalue weighted by Crippen LogP contribution is 2.30. The molecule has 0 unspecified atom stereocenters. The van der Waals surface area contributed by atoms with Gasteiger partial charge in [0, 0.05) is 19.0 Å². The van der Waals surface area contributed by atoms with Gasteiger partial charge in [0.15, 0.2) is 0 Å². The number of carbonyl (C=O) groups is 2. The van der Waals surface area contributed by atoms with Gasteiger partial charge in [-0.1, -0.05) is 72.3 Å². The largest absolute Gasteiger partial charge is 0.492 e. The fraction of sp³-hybridized carbons (Fsp3) is 0.355. The molecule has 2 amide bonds. The van der Waals surface area contributed by atoms with Crippen LogP contribution in [0.25, 0.3) is 0 Å². The summed E-state index contributed by atoms with van der Waals surface area (Å²) in [5, 5.41) is 2.95. The fourth-order valence-electron chi connectivity index (χ4n) is 4.48. The van der Waals surface area contributed by atoms with Crippen molar-refractivity contribution in [2.45, 2.75) is 52.7 Å². The van der Waals surface area contributed by atoms with Gasteiger partial charge in [-0.2, -0.15) is 0 Å². The van der Waals surface area contributed by atoms with E-state index in [0.29, 0.717) is 12.4 Å². The van der Waals surface area contributed by atoms with E-state index in [-0.39, 0.29) is 30.6 Å². The molecular weight excluding hydrogens is 526 g/mol. The van der Waals surface area contributed by atoms with Crippen molar-refractivity contribution in [1.29, 1.82) is 0 Å². The second-order valence-electron chi connectivity index (χ2n) is 10.0. The molecule has 3 aromatic carbocycles. The van der Waals surface area contributed by atoms with Crippen molar-refractivity contribution in [2.75, 3.05) is 23.7 Å². The van der Waals surface area contributed by atoms with E-state index in [1.165, 1.54) is 4.90 Å². The Hall–Kier alpha value is -3.85. The molecule has 0 radical (unpaired) electrons. The lowest BCUT2D eigenvalue weighted by atomic mass is 10.0. The smallest absolute Gasteiger partial charge is 0.244 e. The number of aryl methyl sites for hydroxylation is 1. The van der Waals surface area contributed by atoms with Crippen LogP contribution in [0.4, 0.5) is 5.69 Å². The van der Waals surface area contributed by atoms with Gasteiger partial charge < -0.3 is 15.0 Å². The quantitative estimate of drug-likeness (QED) is 0.333. The third-order valence-corrected chi connectivity index (χ3v) is 7.38. The number of hydrogen-bond acceptors (Lipinski definition) is 5. The first kappa shape index (κ1) is 30.7. The molecule has 3 aromatic rings. The number of sulfonamides is 1. The van der Waals surface area contributed by atoms with Gasteiger partial charge in [0.1, 0.15) is 18.3 Å². The van der Waals surface area contributed by atoms with E-state index in [1.807, 2.05) is 75.4 Å². The first-order valence-corrected chi connectivity index (χ1v) is 15.2. The standard InChI is InChI=1S/C31H39N3O5S/c1-6-39-29-18-11-10-17-27(29)34(40(5,37)38)22-30(35)33(21-26-16-12-13-24(4)19-26)28(31(36)32-23(2)3)20-25-14-8-7-9-15-25/h7-19,23,28H,6,20-22H2,1-5H3,(H,32,36)/t28-/m0/s1. The van der Waals surface area contributed by atoms with E-state index in [2.05, 4.69) is 5.32 Å². The third-order valence-electron chi connectivity index (χ3n) is 6.25. The van der Waals surface area contributed by atoms with Crippen molar-refractivity contribution in [3.63, 3.8) is 0 Å². The average molecular weight is 566 g/mol. The molecular formula is C31H39N3O5S. The number of rotatable bonds is 13. The molecule has 0 aliphatic heterocycles. The Morgan fingerprint density at radius 3 is 2.20 bits per heavy atom. The van der Waals surface area contributed by atoms with Gasteiger partial charge in [-0.15, -0.1) is 0 Å². The van der Waals surface area contributed by atoms with Crippen LogP contribution in [0.5, 0.6) is 5.75 Å². The molecule has 3 rings (SSSR count). The van der Waals surface area contributed by atoms with Crippen molar-refractivity contribution in [1.82, 2.24) is 10.2 Å². The van der Waals surface area contributed by atoms with Crippen molar-refractivity contribution in [3.05, 3.63) is 95.6 Å². The topological polar surface area (TPSA) is 96.0 Å². The molecule has 1 N–H and O–H groups in total. The molecule has 0 bridgehead atoms. The zero-order valence-electron chi connectivity index (χ0n) is 23.8. The minimum Gasteiger partial charge on any atom is -0.492 e. The first-order chi connectivity index (χ1) is 19.0. The summed E-state index contributed by atoms with van der Waals surface area (Å²) in [4.78, 5) is 29.2. The number of carbonyl (C=O) groups excluding carboxylic acids is 2. The first-order valence-electron chi connectivity index (χ1n) is 13.4. The number of nitrogens with zero attached hydrogens (tertiary/aromatic N) is 2. The number of amides is 2. The summed E-state index contributed by atoms with van der Waals surface area (Å²) in [6.07, 6.45) is 1.33. The zero-order valence-corrected chi connectivity index (χ0v) is 24.6. The Morgan fingerprint density at radius 1 is 0.925 bits per heavy atom. The molecule has 0 fully saturated rings. The second-order valence-corrected chi connectivity index (χ2v) is 12.0. The number of benzene rings is 3. The number of ether oxygens (including phenoxy) is 1. The van der Waals surface area contributed by atoms with Gasteiger partial charge in [-0.05, 0) is 51.0 Å². The Bertz CT molecular complexity index is 1390. The summed E-state index contributed by atoms with van der Waals surface area (Å²) >= 11 is 0. The van der Waals surface area contributed by atoms with E-state index in [4.69, 9.17) is 4.74 Å². The fourth-order valence-corrected chi connectivity index (χ4v) is 5.33. The van der Waals surface area contributed by atoms with Crippen LogP contribution in [-0.2, 0) is 32.6 Å². The Labute approximate surface area is 238 Å². The Kier molecular flexibility index (Phi) is 10.7. The molecule has 0 saturated heterocycles. The third kappa shape index (κ3) is 8.58. The normalized spacial score (nSPS) is 12.1. The van der Waals surface area contributed by atoms with Crippen molar-refractivity contribution in [2.24, 2.45) is 0 Å². The maximum absolute atomic E-state index is 14.2. The summed E-state index contributed by atoms with van der Waals surface area (Å²) in [5.41, 5.74) is 3.00. The molecule has 0 aliphatic rings. The maximum Gasteiger partial charge on any atom is 0.244 e. The summed E-state index contributed by atoms with van der Waals surface area (Å²) < 4.78 is 32.7. The van der Waals surface area contributed by atoms with E-state index >= 15 is 0 Å². The number of anilines is 1. The summed E-state index contributed by atoms with van der Waals surface area (Å²) in [5.74, 6) is -0.453. The molecule has 0 spiro atoms. The van der Waals surface area contributed by atoms with Crippen LogP contribution in [0.3, 0.4) is 0 Å². The Balaban J connectivity index is 2.08. The van der Waals surface area contributed by atoms with Crippen LogP contribution in [0, 0.1) is 6.92 Å². The van der Waals surface area contributed by atoms with Gasteiger partial charge in [0.05, 0.1) is 18.6 Å². The van der Waals surface area contributed by atoms with Crippen LogP contribution in [-0.4, -0.2) is 56.6 Å². The van der Waals surface area contributed by atoms with Crippen LogP contribution in [0.1, 0.15) is 37.5 Å². The number of nitrogens with one attached hydrogen (secondary N) is 1. The monoisotopic (exact) mass is 565 g/mol. The van der Waals surface area contributed by atoms with E-state index in [9.17, 15) is 18.0 Å². The molecule has 1 atom stereocenters. The number of hydrogen-bond donors (Lipinski definition) is 1. The maximum atomic E-state index is 14.2. The lowest BCUT2D eigenvalue weighted by Gasteiger charge is -2.34. The SMILES string of the molecule is CCOc1ccccc1N(CC(=O)N(Cc1cccc(C)c1)[C@@H](Cc1ccccc1)C(=O)NC(C)C)S(C)(=O)=O. The molecule has 9 heteroatoms. The highest BCUT2D eigenvalue weighted by atomic mass is 32.2.